The topological polar surface area (TPSA) is 53.9 Å². The van der Waals surface area contributed by atoms with E-state index in [0.29, 0.717) is 11.9 Å². The summed E-state index contributed by atoms with van der Waals surface area (Å²) < 4.78 is 0. The third kappa shape index (κ3) is 4.64. The molecule has 6 heteroatoms. The molecule has 1 aromatic rings. The van der Waals surface area contributed by atoms with Gasteiger partial charge in [-0.2, -0.15) is 15.0 Å². The standard InChI is InChI=1S/C12H22ClN5/c1-4-7-9-18(6-3)12-16-10(13)15-11(17-12)14-8-5-2/h4-9H2,1-3H3,(H,14,15,16,17). The van der Waals surface area contributed by atoms with Crippen molar-refractivity contribution >= 4 is 23.5 Å². The molecular weight excluding hydrogens is 250 g/mol. The third-order valence-corrected chi connectivity index (χ3v) is 2.74. The highest BCUT2D eigenvalue weighted by molar-refractivity contribution is 6.28. The van der Waals surface area contributed by atoms with Gasteiger partial charge in [0.1, 0.15) is 0 Å². The predicted molar refractivity (Wildman–Crippen MR) is 76.4 cm³/mol. The number of nitrogens with one attached hydrogen (secondary N) is 1. The Bertz CT molecular complexity index is 358. The van der Waals surface area contributed by atoms with Crippen LogP contribution in [0.1, 0.15) is 40.0 Å². The Balaban J connectivity index is 2.81. The van der Waals surface area contributed by atoms with Crippen LogP contribution in [0.2, 0.25) is 5.28 Å². The first-order valence-electron chi connectivity index (χ1n) is 6.61. The number of anilines is 2. The Morgan fingerprint density at radius 1 is 1.11 bits per heavy atom. The summed E-state index contributed by atoms with van der Waals surface area (Å²) in [5.41, 5.74) is 0. The molecule has 0 radical (unpaired) electrons. The minimum atomic E-state index is 0.244. The summed E-state index contributed by atoms with van der Waals surface area (Å²) in [6, 6.07) is 0. The summed E-state index contributed by atoms with van der Waals surface area (Å²) in [7, 11) is 0. The number of hydrogen-bond acceptors (Lipinski definition) is 5. The fourth-order valence-corrected chi connectivity index (χ4v) is 1.70. The van der Waals surface area contributed by atoms with Crippen LogP contribution in [0.3, 0.4) is 0 Å². The summed E-state index contributed by atoms with van der Waals surface area (Å²) in [6.07, 6.45) is 3.29. The van der Waals surface area contributed by atoms with Crippen molar-refractivity contribution in [1.29, 1.82) is 0 Å². The average molecular weight is 272 g/mol. The first kappa shape index (κ1) is 15.0. The van der Waals surface area contributed by atoms with Crippen molar-refractivity contribution < 1.29 is 0 Å². The van der Waals surface area contributed by atoms with Crippen LogP contribution in [-0.4, -0.2) is 34.6 Å². The summed E-state index contributed by atoms with van der Waals surface area (Å²) >= 11 is 5.94. The maximum absolute atomic E-state index is 5.94. The summed E-state index contributed by atoms with van der Waals surface area (Å²) in [5, 5.41) is 3.38. The molecule has 0 amide bonds. The number of unbranched alkanes of at least 4 members (excludes halogenated alkanes) is 1. The van der Waals surface area contributed by atoms with Gasteiger partial charge in [-0.3, -0.25) is 0 Å². The predicted octanol–water partition coefficient (Wildman–Crippen LogP) is 2.97. The molecule has 0 aliphatic heterocycles. The summed E-state index contributed by atoms with van der Waals surface area (Å²) in [6.45, 7) is 9.00. The van der Waals surface area contributed by atoms with Gasteiger partial charge in [-0.25, -0.2) is 0 Å². The van der Waals surface area contributed by atoms with E-state index in [4.69, 9.17) is 11.6 Å². The first-order chi connectivity index (χ1) is 8.71. The number of nitrogens with zero attached hydrogens (tertiary/aromatic N) is 4. The highest BCUT2D eigenvalue weighted by Crippen LogP contribution is 2.14. The lowest BCUT2D eigenvalue weighted by Crippen LogP contribution is -2.26. The highest BCUT2D eigenvalue weighted by atomic mass is 35.5. The molecule has 0 saturated carbocycles. The Morgan fingerprint density at radius 2 is 1.89 bits per heavy atom. The van der Waals surface area contributed by atoms with Gasteiger partial charge in [0.25, 0.3) is 0 Å². The zero-order valence-electron chi connectivity index (χ0n) is 11.4. The summed E-state index contributed by atoms with van der Waals surface area (Å²) in [4.78, 5) is 14.8. The third-order valence-electron chi connectivity index (χ3n) is 2.58. The Kier molecular flexibility index (Phi) is 6.72. The van der Waals surface area contributed by atoms with E-state index in [9.17, 15) is 0 Å². The van der Waals surface area contributed by atoms with Gasteiger partial charge < -0.3 is 10.2 Å². The van der Waals surface area contributed by atoms with Gasteiger partial charge in [0.05, 0.1) is 0 Å². The van der Waals surface area contributed by atoms with Gasteiger partial charge in [0.15, 0.2) is 0 Å². The fourth-order valence-electron chi connectivity index (χ4n) is 1.55. The van der Waals surface area contributed by atoms with Crippen molar-refractivity contribution in [2.75, 3.05) is 29.9 Å². The van der Waals surface area contributed by atoms with Gasteiger partial charge in [-0.15, -0.1) is 0 Å². The summed E-state index contributed by atoms with van der Waals surface area (Å²) in [5.74, 6) is 1.21. The van der Waals surface area contributed by atoms with Crippen molar-refractivity contribution in [1.82, 2.24) is 15.0 Å². The van der Waals surface area contributed by atoms with Crippen LogP contribution in [0.4, 0.5) is 11.9 Å². The van der Waals surface area contributed by atoms with E-state index in [1.165, 1.54) is 0 Å². The number of rotatable bonds is 8. The van der Waals surface area contributed by atoms with Crippen LogP contribution in [0, 0.1) is 0 Å². The molecule has 0 aromatic carbocycles. The lowest BCUT2D eigenvalue weighted by atomic mass is 10.3. The monoisotopic (exact) mass is 271 g/mol. The second-order valence-corrected chi connectivity index (χ2v) is 4.43. The molecule has 0 spiro atoms. The SMILES string of the molecule is CCCCN(CC)c1nc(Cl)nc(NCCC)n1. The first-order valence-corrected chi connectivity index (χ1v) is 6.99. The fraction of sp³-hybridized carbons (Fsp3) is 0.750. The zero-order valence-corrected chi connectivity index (χ0v) is 12.2. The number of hydrogen-bond donors (Lipinski definition) is 1. The Labute approximate surface area is 114 Å². The van der Waals surface area contributed by atoms with Crippen LogP contribution >= 0.6 is 11.6 Å². The lowest BCUT2D eigenvalue weighted by Gasteiger charge is -2.20. The van der Waals surface area contributed by atoms with Crippen molar-refractivity contribution in [3.8, 4) is 0 Å². The van der Waals surface area contributed by atoms with E-state index < -0.39 is 0 Å². The number of halogens is 1. The van der Waals surface area contributed by atoms with Crippen molar-refractivity contribution in [3.63, 3.8) is 0 Å². The van der Waals surface area contributed by atoms with Gasteiger partial charge in [-0.05, 0) is 31.4 Å². The Morgan fingerprint density at radius 3 is 2.50 bits per heavy atom. The molecule has 0 aliphatic carbocycles. The highest BCUT2D eigenvalue weighted by Gasteiger charge is 2.10. The molecule has 102 valence electrons. The van der Waals surface area contributed by atoms with E-state index in [0.717, 1.165) is 38.9 Å². The largest absolute Gasteiger partial charge is 0.354 e. The van der Waals surface area contributed by atoms with Crippen molar-refractivity contribution in [2.45, 2.75) is 40.0 Å². The molecule has 1 rings (SSSR count). The van der Waals surface area contributed by atoms with Crippen LogP contribution in [0.15, 0.2) is 0 Å². The van der Waals surface area contributed by atoms with Crippen LogP contribution < -0.4 is 10.2 Å². The maximum atomic E-state index is 5.94. The van der Waals surface area contributed by atoms with Crippen LogP contribution in [-0.2, 0) is 0 Å². The van der Waals surface area contributed by atoms with E-state index in [1.54, 1.807) is 0 Å². The van der Waals surface area contributed by atoms with Gasteiger partial charge in [0, 0.05) is 19.6 Å². The minimum absolute atomic E-state index is 0.244. The molecule has 0 saturated heterocycles. The molecule has 5 nitrogen and oxygen atoms in total. The van der Waals surface area contributed by atoms with Gasteiger partial charge in [-0.1, -0.05) is 20.3 Å². The smallest absolute Gasteiger partial charge is 0.231 e. The molecule has 0 atom stereocenters. The van der Waals surface area contributed by atoms with E-state index in [2.05, 4.69) is 45.9 Å². The van der Waals surface area contributed by atoms with Gasteiger partial charge >= 0.3 is 0 Å². The van der Waals surface area contributed by atoms with E-state index in [-0.39, 0.29) is 5.28 Å². The van der Waals surface area contributed by atoms with E-state index in [1.807, 2.05) is 0 Å². The van der Waals surface area contributed by atoms with Crippen molar-refractivity contribution in [2.24, 2.45) is 0 Å². The number of aromatic nitrogens is 3. The normalized spacial score (nSPS) is 10.4. The molecule has 1 aromatic heterocycles. The average Bonchev–Trinajstić information content (AvgIpc) is 2.37. The second-order valence-electron chi connectivity index (χ2n) is 4.09. The maximum Gasteiger partial charge on any atom is 0.231 e. The van der Waals surface area contributed by atoms with Gasteiger partial charge in [0.2, 0.25) is 17.2 Å². The lowest BCUT2D eigenvalue weighted by molar-refractivity contribution is 0.711. The second kappa shape index (κ2) is 8.08. The van der Waals surface area contributed by atoms with Crippen LogP contribution in [0.5, 0.6) is 0 Å². The molecular formula is C12H22ClN5. The molecule has 18 heavy (non-hydrogen) atoms. The molecule has 1 heterocycles. The molecule has 0 unspecified atom stereocenters. The molecule has 0 aliphatic rings. The van der Waals surface area contributed by atoms with Crippen molar-refractivity contribution in [3.05, 3.63) is 5.28 Å². The molecule has 0 fully saturated rings. The molecule has 0 bridgehead atoms. The zero-order chi connectivity index (χ0) is 13.4. The van der Waals surface area contributed by atoms with E-state index >= 15 is 0 Å². The van der Waals surface area contributed by atoms with Crippen LogP contribution in [0.25, 0.3) is 0 Å². The Hall–Kier alpha value is -1.10. The quantitative estimate of drug-likeness (QED) is 0.788. The molecule has 1 N–H and O–H groups in total. The minimum Gasteiger partial charge on any atom is -0.354 e.